The van der Waals surface area contributed by atoms with Crippen molar-refractivity contribution in [2.45, 2.75) is 19.0 Å². The predicted octanol–water partition coefficient (Wildman–Crippen LogP) is 6.36. The predicted molar refractivity (Wildman–Crippen MR) is 140 cm³/mol. The molecule has 3 aromatic carbocycles. The molecule has 1 heterocycles. The van der Waals surface area contributed by atoms with Gasteiger partial charge in [-0.3, -0.25) is 4.79 Å². The number of nitrogens with zero attached hydrogens (tertiary/aromatic N) is 3. The second-order valence-corrected chi connectivity index (χ2v) is 8.97. The lowest BCUT2D eigenvalue weighted by molar-refractivity contribution is -0.113. The van der Waals surface area contributed by atoms with Crippen LogP contribution in [0.15, 0.2) is 78.0 Å². The maximum Gasteiger partial charge on any atom is 0.234 e. The minimum Gasteiger partial charge on any atom is -0.325 e. The van der Waals surface area contributed by atoms with Crippen molar-refractivity contribution < 1.29 is 4.79 Å². The summed E-state index contributed by atoms with van der Waals surface area (Å²) in [5.41, 5.74) is 4.70. The largest absolute Gasteiger partial charge is 0.325 e. The van der Waals surface area contributed by atoms with Crippen LogP contribution in [-0.2, 0) is 4.79 Å². The highest BCUT2D eigenvalue weighted by Gasteiger charge is 2.11. The zero-order valence-corrected chi connectivity index (χ0v) is 20.2. The number of halogens is 1. The van der Waals surface area contributed by atoms with Gasteiger partial charge < -0.3 is 16.0 Å². The van der Waals surface area contributed by atoms with Gasteiger partial charge >= 0.3 is 0 Å². The SMILES string of the molecule is Cc1ccc(Nc2nc(Nc3ccc(C)cc3)nc(SCC(=O)Nc3ccc(Cl)cc3)n2)cc1. The summed E-state index contributed by atoms with van der Waals surface area (Å²) >= 11 is 7.12. The summed E-state index contributed by atoms with van der Waals surface area (Å²) in [4.78, 5) is 25.9. The number of carbonyl (C=O) groups is 1. The van der Waals surface area contributed by atoms with Crippen LogP contribution in [0.1, 0.15) is 11.1 Å². The van der Waals surface area contributed by atoms with Crippen molar-refractivity contribution in [1.29, 1.82) is 0 Å². The summed E-state index contributed by atoms with van der Waals surface area (Å²) in [5.74, 6) is 0.734. The van der Waals surface area contributed by atoms with Gasteiger partial charge in [-0.25, -0.2) is 0 Å². The lowest BCUT2D eigenvalue weighted by Gasteiger charge is -2.11. The molecule has 1 aromatic heterocycles. The van der Waals surface area contributed by atoms with Crippen molar-refractivity contribution in [3.63, 3.8) is 0 Å². The number of anilines is 5. The van der Waals surface area contributed by atoms with Crippen molar-refractivity contribution in [1.82, 2.24) is 15.0 Å². The number of hydrogen-bond donors (Lipinski definition) is 3. The van der Waals surface area contributed by atoms with Gasteiger partial charge in [0.15, 0.2) is 5.16 Å². The van der Waals surface area contributed by atoms with Crippen molar-refractivity contribution in [2.75, 3.05) is 21.7 Å². The number of rotatable bonds is 8. The summed E-state index contributed by atoms with van der Waals surface area (Å²) in [5, 5.41) is 10.3. The molecular weight excluding hydrogens is 468 g/mol. The van der Waals surface area contributed by atoms with Crippen LogP contribution in [0.25, 0.3) is 0 Å². The van der Waals surface area contributed by atoms with E-state index in [1.165, 1.54) is 11.8 Å². The van der Waals surface area contributed by atoms with E-state index in [-0.39, 0.29) is 11.7 Å². The Kier molecular flexibility index (Phi) is 7.61. The molecule has 0 aliphatic heterocycles. The average Bonchev–Trinajstić information content (AvgIpc) is 2.82. The molecular formula is C25H23ClN6OS. The van der Waals surface area contributed by atoms with E-state index in [4.69, 9.17) is 11.6 Å². The molecule has 0 spiro atoms. The van der Waals surface area contributed by atoms with Crippen molar-refractivity contribution in [2.24, 2.45) is 0 Å². The van der Waals surface area contributed by atoms with Crippen molar-refractivity contribution in [3.8, 4) is 0 Å². The van der Waals surface area contributed by atoms with Gasteiger partial charge in [-0.05, 0) is 62.4 Å². The smallest absolute Gasteiger partial charge is 0.234 e. The number of nitrogens with one attached hydrogen (secondary N) is 3. The van der Waals surface area contributed by atoms with Crippen LogP contribution in [0.5, 0.6) is 0 Å². The zero-order valence-electron chi connectivity index (χ0n) is 18.7. The van der Waals surface area contributed by atoms with E-state index in [0.29, 0.717) is 27.8 Å². The first-order valence-electron chi connectivity index (χ1n) is 10.5. The van der Waals surface area contributed by atoms with E-state index in [1.807, 2.05) is 62.4 Å². The maximum atomic E-state index is 12.4. The van der Waals surface area contributed by atoms with E-state index in [1.54, 1.807) is 24.3 Å². The molecule has 0 aliphatic rings. The number of hydrogen-bond acceptors (Lipinski definition) is 7. The molecule has 0 radical (unpaired) electrons. The minimum absolute atomic E-state index is 0.139. The van der Waals surface area contributed by atoms with Gasteiger partial charge in [0.2, 0.25) is 17.8 Å². The highest BCUT2D eigenvalue weighted by molar-refractivity contribution is 7.99. The van der Waals surface area contributed by atoms with E-state index in [9.17, 15) is 4.79 Å². The molecule has 0 fully saturated rings. The Labute approximate surface area is 207 Å². The Bertz CT molecular complexity index is 1200. The summed E-state index contributed by atoms with van der Waals surface area (Å²) < 4.78 is 0. The summed E-state index contributed by atoms with van der Waals surface area (Å²) in [6.45, 7) is 4.06. The monoisotopic (exact) mass is 490 g/mol. The first kappa shape index (κ1) is 23.5. The van der Waals surface area contributed by atoms with E-state index >= 15 is 0 Å². The number of amides is 1. The first-order valence-corrected chi connectivity index (χ1v) is 11.9. The fraction of sp³-hybridized carbons (Fsp3) is 0.120. The van der Waals surface area contributed by atoms with Gasteiger partial charge in [-0.1, -0.05) is 58.8 Å². The summed E-state index contributed by atoms with van der Waals surface area (Å²) in [7, 11) is 0. The molecule has 9 heteroatoms. The summed E-state index contributed by atoms with van der Waals surface area (Å²) in [6.07, 6.45) is 0. The lowest BCUT2D eigenvalue weighted by Crippen LogP contribution is -2.14. The van der Waals surface area contributed by atoms with E-state index < -0.39 is 0 Å². The maximum absolute atomic E-state index is 12.4. The molecule has 0 unspecified atom stereocenters. The average molecular weight is 491 g/mol. The van der Waals surface area contributed by atoms with Crippen LogP contribution in [0.4, 0.5) is 29.0 Å². The van der Waals surface area contributed by atoms with Crippen LogP contribution in [0.2, 0.25) is 5.02 Å². The fourth-order valence-electron chi connectivity index (χ4n) is 2.93. The molecule has 4 rings (SSSR count). The van der Waals surface area contributed by atoms with E-state index in [0.717, 1.165) is 22.5 Å². The first-order chi connectivity index (χ1) is 16.4. The Morgan fingerprint density at radius 3 is 1.71 bits per heavy atom. The molecule has 0 saturated carbocycles. The van der Waals surface area contributed by atoms with Crippen LogP contribution in [0.3, 0.4) is 0 Å². The molecule has 4 aromatic rings. The standard InChI is InChI=1S/C25H23ClN6OS/c1-16-3-9-20(10-4-16)28-23-30-24(29-21-11-5-17(2)6-12-21)32-25(31-23)34-15-22(33)27-19-13-7-18(26)8-14-19/h3-14H,15H2,1-2H3,(H,27,33)(H2,28,29,30,31,32). The molecule has 0 bridgehead atoms. The molecule has 1 amide bonds. The van der Waals surface area contributed by atoms with Gasteiger partial charge in [-0.15, -0.1) is 0 Å². The van der Waals surface area contributed by atoms with Crippen LogP contribution < -0.4 is 16.0 Å². The van der Waals surface area contributed by atoms with Gasteiger partial charge in [0.25, 0.3) is 0 Å². The Balaban J connectivity index is 1.50. The van der Waals surface area contributed by atoms with Crippen molar-refractivity contribution >= 4 is 58.2 Å². The number of aryl methyl sites for hydroxylation is 2. The highest BCUT2D eigenvalue weighted by Crippen LogP contribution is 2.22. The minimum atomic E-state index is -0.172. The highest BCUT2D eigenvalue weighted by atomic mass is 35.5. The van der Waals surface area contributed by atoms with Crippen molar-refractivity contribution in [3.05, 3.63) is 88.9 Å². The zero-order chi connectivity index (χ0) is 23.9. The molecule has 0 aliphatic carbocycles. The molecule has 0 atom stereocenters. The molecule has 7 nitrogen and oxygen atoms in total. The normalized spacial score (nSPS) is 10.6. The topological polar surface area (TPSA) is 91.8 Å². The third-order valence-corrected chi connectivity index (χ3v) is 5.79. The second-order valence-electron chi connectivity index (χ2n) is 7.59. The van der Waals surface area contributed by atoms with Gasteiger partial charge in [0.05, 0.1) is 5.75 Å². The van der Waals surface area contributed by atoms with Crippen LogP contribution in [-0.4, -0.2) is 26.6 Å². The molecule has 172 valence electrons. The summed E-state index contributed by atoms with van der Waals surface area (Å²) in [6, 6.07) is 22.8. The number of aromatic nitrogens is 3. The van der Waals surface area contributed by atoms with Gasteiger partial charge in [0.1, 0.15) is 0 Å². The van der Waals surface area contributed by atoms with Crippen LogP contribution >= 0.6 is 23.4 Å². The van der Waals surface area contributed by atoms with Gasteiger partial charge in [-0.2, -0.15) is 15.0 Å². The third kappa shape index (κ3) is 6.94. The quantitative estimate of drug-likeness (QED) is 0.247. The Hall–Kier alpha value is -3.62. The number of benzene rings is 3. The van der Waals surface area contributed by atoms with Crippen LogP contribution in [0, 0.1) is 13.8 Å². The molecule has 3 N–H and O–H groups in total. The fourth-order valence-corrected chi connectivity index (χ4v) is 3.69. The Morgan fingerprint density at radius 2 is 1.21 bits per heavy atom. The number of thioether (sulfide) groups is 1. The molecule has 0 saturated heterocycles. The third-order valence-electron chi connectivity index (χ3n) is 4.69. The lowest BCUT2D eigenvalue weighted by atomic mass is 10.2. The van der Waals surface area contributed by atoms with E-state index in [2.05, 4.69) is 30.9 Å². The van der Waals surface area contributed by atoms with Gasteiger partial charge in [0, 0.05) is 22.1 Å². The number of carbonyl (C=O) groups excluding carboxylic acids is 1. The Morgan fingerprint density at radius 1 is 0.735 bits per heavy atom. The second kappa shape index (κ2) is 11.0. The molecule has 34 heavy (non-hydrogen) atoms.